The first kappa shape index (κ1) is 14.3. The van der Waals surface area contributed by atoms with E-state index in [4.69, 9.17) is 4.74 Å². The van der Waals surface area contributed by atoms with Gasteiger partial charge in [0.15, 0.2) is 0 Å². The Morgan fingerprint density at radius 2 is 2.10 bits per heavy atom. The molecule has 1 heterocycles. The van der Waals surface area contributed by atoms with E-state index in [1.807, 2.05) is 11.9 Å². The van der Waals surface area contributed by atoms with Crippen molar-refractivity contribution in [3.05, 3.63) is 33.9 Å². The second-order valence-corrected chi connectivity index (χ2v) is 4.72. The van der Waals surface area contributed by atoms with E-state index in [1.54, 1.807) is 0 Å². The van der Waals surface area contributed by atoms with Crippen LogP contribution in [0.3, 0.4) is 0 Å². The van der Waals surface area contributed by atoms with Gasteiger partial charge >= 0.3 is 5.97 Å². The third-order valence-corrected chi connectivity index (χ3v) is 3.54. The predicted octanol–water partition coefficient (Wildman–Crippen LogP) is 1.91. The van der Waals surface area contributed by atoms with Gasteiger partial charge in [0.25, 0.3) is 5.69 Å². The molecule has 0 bridgehead atoms. The summed E-state index contributed by atoms with van der Waals surface area (Å²) >= 11 is 0. The largest absolute Gasteiger partial charge is 0.478 e. The molecule has 1 aliphatic rings. The van der Waals surface area contributed by atoms with Crippen LogP contribution in [0, 0.1) is 10.1 Å². The first-order chi connectivity index (χ1) is 9.50. The van der Waals surface area contributed by atoms with Gasteiger partial charge < -0.3 is 14.7 Å². The lowest BCUT2D eigenvalue weighted by molar-refractivity contribution is -0.384. The van der Waals surface area contributed by atoms with Crippen LogP contribution in [0.25, 0.3) is 0 Å². The third-order valence-electron chi connectivity index (χ3n) is 3.54. The molecule has 7 nitrogen and oxygen atoms in total. The Hall–Kier alpha value is -2.15. The number of non-ortho nitro benzene ring substituents is 1. The fourth-order valence-electron chi connectivity index (χ4n) is 2.39. The van der Waals surface area contributed by atoms with Crippen molar-refractivity contribution < 1.29 is 19.6 Å². The number of rotatable bonds is 4. The van der Waals surface area contributed by atoms with Crippen molar-refractivity contribution in [3.63, 3.8) is 0 Å². The van der Waals surface area contributed by atoms with Crippen LogP contribution < -0.4 is 4.90 Å². The number of nitrogens with zero attached hydrogens (tertiary/aromatic N) is 2. The number of ether oxygens (including phenoxy) is 1. The minimum absolute atomic E-state index is 0.0480. The van der Waals surface area contributed by atoms with E-state index in [-0.39, 0.29) is 17.3 Å². The van der Waals surface area contributed by atoms with E-state index in [9.17, 15) is 20.0 Å². The lowest BCUT2D eigenvalue weighted by Gasteiger charge is -2.33. The van der Waals surface area contributed by atoms with Crippen LogP contribution in [0.4, 0.5) is 11.4 Å². The molecular formula is C13H16N2O5. The maximum absolute atomic E-state index is 11.3. The summed E-state index contributed by atoms with van der Waals surface area (Å²) in [6.45, 7) is 1.29. The zero-order valence-electron chi connectivity index (χ0n) is 11.1. The number of carboxylic acids is 1. The minimum atomic E-state index is -1.16. The summed E-state index contributed by atoms with van der Waals surface area (Å²) in [7, 11) is 1.81. The number of anilines is 1. The van der Waals surface area contributed by atoms with Crippen molar-refractivity contribution in [2.45, 2.75) is 18.9 Å². The zero-order chi connectivity index (χ0) is 14.7. The molecule has 0 aliphatic carbocycles. The molecule has 0 radical (unpaired) electrons. The van der Waals surface area contributed by atoms with Crippen LogP contribution in [0.5, 0.6) is 0 Å². The van der Waals surface area contributed by atoms with Crippen LogP contribution in [0.2, 0.25) is 0 Å². The van der Waals surface area contributed by atoms with Gasteiger partial charge in [0.2, 0.25) is 0 Å². The van der Waals surface area contributed by atoms with Crippen molar-refractivity contribution in [1.29, 1.82) is 0 Å². The smallest absolute Gasteiger partial charge is 0.338 e. The van der Waals surface area contributed by atoms with Crippen molar-refractivity contribution in [3.8, 4) is 0 Å². The maximum atomic E-state index is 11.3. The van der Waals surface area contributed by atoms with Crippen LogP contribution in [0.1, 0.15) is 23.2 Å². The summed E-state index contributed by atoms with van der Waals surface area (Å²) in [5.41, 5.74) is 0.231. The summed E-state index contributed by atoms with van der Waals surface area (Å²) in [5, 5.41) is 20.0. The van der Waals surface area contributed by atoms with Gasteiger partial charge in [0, 0.05) is 38.4 Å². The SMILES string of the molecule is CN(c1ccc([N+](=O)[O-])cc1C(=O)O)C1CCOCC1. The van der Waals surface area contributed by atoms with E-state index in [2.05, 4.69) is 0 Å². The number of hydrogen-bond donors (Lipinski definition) is 1. The highest BCUT2D eigenvalue weighted by molar-refractivity contribution is 5.95. The van der Waals surface area contributed by atoms with E-state index in [1.165, 1.54) is 12.1 Å². The number of carboxylic acid groups (broad SMARTS) is 1. The molecule has 1 saturated heterocycles. The maximum Gasteiger partial charge on any atom is 0.338 e. The van der Waals surface area contributed by atoms with Gasteiger partial charge in [-0.25, -0.2) is 4.79 Å². The number of nitro groups is 1. The quantitative estimate of drug-likeness (QED) is 0.669. The highest BCUT2D eigenvalue weighted by Crippen LogP contribution is 2.28. The van der Waals surface area contributed by atoms with Crippen LogP contribution in [-0.4, -0.2) is 42.3 Å². The molecule has 108 valence electrons. The van der Waals surface area contributed by atoms with Gasteiger partial charge in [-0.1, -0.05) is 0 Å². The fourth-order valence-corrected chi connectivity index (χ4v) is 2.39. The molecule has 1 aromatic carbocycles. The summed E-state index contributed by atoms with van der Waals surface area (Å²) in [6.07, 6.45) is 1.62. The molecule has 0 atom stereocenters. The van der Waals surface area contributed by atoms with Gasteiger partial charge in [-0.2, -0.15) is 0 Å². The van der Waals surface area contributed by atoms with Gasteiger partial charge in [-0.15, -0.1) is 0 Å². The molecule has 0 spiro atoms. The monoisotopic (exact) mass is 280 g/mol. The number of benzene rings is 1. The van der Waals surface area contributed by atoms with E-state index < -0.39 is 10.9 Å². The molecular weight excluding hydrogens is 264 g/mol. The van der Waals surface area contributed by atoms with Gasteiger partial charge in [-0.05, 0) is 18.9 Å². The molecule has 1 fully saturated rings. The fraction of sp³-hybridized carbons (Fsp3) is 0.462. The second-order valence-electron chi connectivity index (χ2n) is 4.72. The van der Waals surface area contributed by atoms with Crippen molar-refractivity contribution in [1.82, 2.24) is 0 Å². The predicted molar refractivity (Wildman–Crippen MR) is 72.3 cm³/mol. The topological polar surface area (TPSA) is 92.9 Å². The Labute approximate surface area is 115 Å². The van der Waals surface area contributed by atoms with Crippen LogP contribution in [-0.2, 0) is 4.74 Å². The van der Waals surface area contributed by atoms with Crippen LogP contribution >= 0.6 is 0 Å². The molecule has 1 N–H and O–H groups in total. The van der Waals surface area contributed by atoms with Crippen molar-refractivity contribution in [2.24, 2.45) is 0 Å². The lowest BCUT2D eigenvalue weighted by Crippen LogP contribution is -2.37. The zero-order valence-corrected chi connectivity index (χ0v) is 11.1. The van der Waals surface area contributed by atoms with Crippen molar-refractivity contribution >= 4 is 17.3 Å². The number of carbonyl (C=O) groups is 1. The molecule has 0 saturated carbocycles. The average Bonchev–Trinajstić information content (AvgIpc) is 2.46. The molecule has 0 amide bonds. The average molecular weight is 280 g/mol. The summed E-state index contributed by atoms with van der Waals surface area (Å²) in [6, 6.07) is 4.12. The van der Waals surface area contributed by atoms with Gasteiger partial charge in [0.05, 0.1) is 16.2 Å². The standard InChI is InChI=1S/C13H16N2O5/c1-14(9-4-6-20-7-5-9)12-3-2-10(15(18)19)8-11(12)13(16)17/h2-3,8-9H,4-7H2,1H3,(H,16,17). The van der Waals surface area contributed by atoms with Crippen molar-refractivity contribution in [2.75, 3.05) is 25.2 Å². The first-order valence-electron chi connectivity index (χ1n) is 6.33. The number of nitro benzene ring substituents is 1. The molecule has 1 aliphatic heterocycles. The Balaban J connectivity index is 2.34. The van der Waals surface area contributed by atoms with E-state index >= 15 is 0 Å². The second kappa shape index (κ2) is 5.87. The van der Waals surface area contributed by atoms with Gasteiger partial charge in [0.1, 0.15) is 0 Å². The number of aromatic carboxylic acids is 1. The molecule has 0 aromatic heterocycles. The Kier molecular flexibility index (Phi) is 4.19. The Morgan fingerprint density at radius 3 is 2.65 bits per heavy atom. The summed E-state index contributed by atoms with van der Waals surface area (Å²) in [4.78, 5) is 23.3. The summed E-state index contributed by atoms with van der Waals surface area (Å²) in [5.74, 6) is -1.16. The first-order valence-corrected chi connectivity index (χ1v) is 6.33. The molecule has 0 unspecified atom stereocenters. The van der Waals surface area contributed by atoms with Crippen LogP contribution in [0.15, 0.2) is 18.2 Å². The third kappa shape index (κ3) is 2.88. The highest BCUT2D eigenvalue weighted by Gasteiger charge is 2.24. The molecule has 1 aromatic rings. The number of hydrogen-bond acceptors (Lipinski definition) is 5. The molecule has 2 rings (SSSR count). The highest BCUT2D eigenvalue weighted by atomic mass is 16.6. The molecule has 7 heteroatoms. The van der Waals surface area contributed by atoms with Gasteiger partial charge in [-0.3, -0.25) is 10.1 Å². The van der Waals surface area contributed by atoms with E-state index in [0.29, 0.717) is 18.9 Å². The lowest BCUT2D eigenvalue weighted by atomic mass is 10.0. The normalized spacial score (nSPS) is 15.8. The van der Waals surface area contributed by atoms with E-state index in [0.717, 1.165) is 18.9 Å². The minimum Gasteiger partial charge on any atom is -0.478 e. The Bertz CT molecular complexity index is 525. The molecule has 20 heavy (non-hydrogen) atoms. The summed E-state index contributed by atoms with van der Waals surface area (Å²) < 4.78 is 5.28. The Morgan fingerprint density at radius 1 is 1.45 bits per heavy atom.